The van der Waals surface area contributed by atoms with E-state index in [4.69, 9.17) is 16.7 Å². The predicted molar refractivity (Wildman–Crippen MR) is 65.7 cm³/mol. The molecule has 17 heavy (non-hydrogen) atoms. The standard InChI is InChI=1S/C11H14ClN3O2/c1-15-3-2-8(6-15)13-10-5-7(11(16)17)4-9(12)14-10/h4-5,8H,2-3,6H2,1H3,(H,13,14)(H,16,17). The summed E-state index contributed by atoms with van der Waals surface area (Å²) in [5.74, 6) is -0.476. The molecule has 0 radical (unpaired) electrons. The van der Waals surface area contributed by atoms with Crippen LogP contribution < -0.4 is 5.32 Å². The number of carboxylic acid groups (broad SMARTS) is 1. The molecule has 2 rings (SSSR count). The Kier molecular flexibility index (Phi) is 3.49. The van der Waals surface area contributed by atoms with E-state index in [1.54, 1.807) is 0 Å². The summed E-state index contributed by atoms with van der Waals surface area (Å²) in [5.41, 5.74) is 0.152. The maximum Gasteiger partial charge on any atom is 0.335 e. The Morgan fingerprint density at radius 3 is 3.00 bits per heavy atom. The quantitative estimate of drug-likeness (QED) is 0.803. The molecule has 1 atom stereocenters. The number of nitrogens with one attached hydrogen (secondary N) is 1. The van der Waals surface area contributed by atoms with Gasteiger partial charge < -0.3 is 15.3 Å². The van der Waals surface area contributed by atoms with Crippen molar-refractivity contribution in [2.45, 2.75) is 12.5 Å². The molecule has 1 aromatic rings. The molecule has 6 heteroatoms. The van der Waals surface area contributed by atoms with Crippen molar-refractivity contribution in [2.75, 3.05) is 25.5 Å². The van der Waals surface area contributed by atoms with Crippen LogP contribution in [0.4, 0.5) is 5.82 Å². The first-order chi connectivity index (χ1) is 8.04. The van der Waals surface area contributed by atoms with Gasteiger partial charge in [-0.25, -0.2) is 9.78 Å². The molecule has 1 saturated heterocycles. The normalized spacial score (nSPS) is 20.5. The van der Waals surface area contributed by atoms with Gasteiger partial charge in [0.15, 0.2) is 0 Å². The smallest absolute Gasteiger partial charge is 0.335 e. The van der Waals surface area contributed by atoms with Crippen molar-refractivity contribution in [2.24, 2.45) is 0 Å². The zero-order valence-electron chi connectivity index (χ0n) is 9.48. The molecule has 0 bridgehead atoms. The van der Waals surface area contributed by atoms with Gasteiger partial charge in [-0.2, -0.15) is 0 Å². The van der Waals surface area contributed by atoms with Crippen molar-refractivity contribution in [3.05, 3.63) is 22.8 Å². The SMILES string of the molecule is CN1CCC(Nc2cc(C(=O)O)cc(Cl)n2)C1. The number of halogens is 1. The number of aromatic nitrogens is 1. The summed E-state index contributed by atoms with van der Waals surface area (Å²) < 4.78 is 0. The van der Waals surface area contributed by atoms with Gasteiger partial charge in [0, 0.05) is 12.6 Å². The molecule has 1 aliphatic rings. The molecule has 2 N–H and O–H groups in total. The maximum atomic E-state index is 10.9. The third-order valence-corrected chi connectivity index (χ3v) is 2.98. The highest BCUT2D eigenvalue weighted by molar-refractivity contribution is 6.29. The second-order valence-corrected chi connectivity index (χ2v) is 4.65. The van der Waals surface area contributed by atoms with Crippen LogP contribution in [0.15, 0.2) is 12.1 Å². The summed E-state index contributed by atoms with van der Waals surface area (Å²) >= 11 is 5.78. The fraction of sp³-hybridized carbons (Fsp3) is 0.455. The molecule has 0 amide bonds. The second-order valence-electron chi connectivity index (χ2n) is 4.26. The Bertz CT molecular complexity index is 439. The first-order valence-electron chi connectivity index (χ1n) is 5.40. The Balaban J connectivity index is 2.12. The summed E-state index contributed by atoms with van der Waals surface area (Å²) in [6, 6.07) is 3.15. The van der Waals surface area contributed by atoms with Crippen LogP contribution in [0.5, 0.6) is 0 Å². The van der Waals surface area contributed by atoms with E-state index in [0.29, 0.717) is 11.9 Å². The van der Waals surface area contributed by atoms with Crippen LogP contribution in [0.25, 0.3) is 0 Å². The number of aromatic carboxylic acids is 1. The first-order valence-corrected chi connectivity index (χ1v) is 5.78. The average Bonchev–Trinajstić information content (AvgIpc) is 2.63. The maximum absolute atomic E-state index is 10.9. The van der Waals surface area contributed by atoms with E-state index in [2.05, 4.69) is 22.2 Å². The monoisotopic (exact) mass is 255 g/mol. The Hall–Kier alpha value is -1.33. The van der Waals surface area contributed by atoms with Gasteiger partial charge in [0.1, 0.15) is 11.0 Å². The molecular formula is C11H14ClN3O2. The lowest BCUT2D eigenvalue weighted by Gasteiger charge is -2.13. The Morgan fingerprint density at radius 2 is 2.41 bits per heavy atom. The van der Waals surface area contributed by atoms with E-state index in [1.165, 1.54) is 12.1 Å². The number of rotatable bonds is 3. The topological polar surface area (TPSA) is 65.5 Å². The Morgan fingerprint density at radius 1 is 1.65 bits per heavy atom. The molecule has 1 fully saturated rings. The van der Waals surface area contributed by atoms with Gasteiger partial charge >= 0.3 is 5.97 Å². The lowest BCUT2D eigenvalue weighted by Crippen LogP contribution is -2.24. The highest BCUT2D eigenvalue weighted by Crippen LogP contribution is 2.18. The predicted octanol–water partition coefficient (Wildman–Crippen LogP) is 1.55. The van der Waals surface area contributed by atoms with E-state index in [9.17, 15) is 4.79 Å². The molecule has 5 nitrogen and oxygen atoms in total. The number of carboxylic acids is 1. The van der Waals surface area contributed by atoms with Crippen LogP contribution >= 0.6 is 11.6 Å². The van der Waals surface area contributed by atoms with Crippen molar-refractivity contribution in [3.8, 4) is 0 Å². The van der Waals surface area contributed by atoms with E-state index in [0.717, 1.165) is 19.5 Å². The number of anilines is 1. The first kappa shape index (κ1) is 12.1. The van der Waals surface area contributed by atoms with Crippen LogP contribution in [-0.4, -0.2) is 47.1 Å². The molecule has 0 saturated carbocycles. The fourth-order valence-corrected chi connectivity index (χ4v) is 2.16. The van der Waals surface area contributed by atoms with Gasteiger partial charge in [0.05, 0.1) is 5.56 Å². The number of hydrogen-bond acceptors (Lipinski definition) is 4. The molecule has 0 spiro atoms. The second kappa shape index (κ2) is 4.89. The van der Waals surface area contributed by atoms with Gasteiger partial charge in [-0.3, -0.25) is 0 Å². The van der Waals surface area contributed by atoms with Crippen LogP contribution in [0.1, 0.15) is 16.8 Å². The van der Waals surface area contributed by atoms with E-state index >= 15 is 0 Å². The van der Waals surface area contributed by atoms with Crippen molar-refractivity contribution in [1.29, 1.82) is 0 Å². The van der Waals surface area contributed by atoms with Crippen LogP contribution in [-0.2, 0) is 0 Å². The Labute approximate surface area is 104 Å². The number of carbonyl (C=O) groups is 1. The van der Waals surface area contributed by atoms with Gasteiger partial charge in [-0.15, -0.1) is 0 Å². The molecule has 0 aromatic carbocycles. The largest absolute Gasteiger partial charge is 0.478 e. The van der Waals surface area contributed by atoms with Crippen molar-refractivity contribution < 1.29 is 9.90 Å². The number of hydrogen-bond donors (Lipinski definition) is 2. The highest BCUT2D eigenvalue weighted by Gasteiger charge is 2.20. The molecular weight excluding hydrogens is 242 g/mol. The zero-order chi connectivity index (χ0) is 12.4. The minimum Gasteiger partial charge on any atom is -0.478 e. The van der Waals surface area contributed by atoms with Crippen molar-refractivity contribution in [3.63, 3.8) is 0 Å². The number of likely N-dealkylation sites (N-methyl/N-ethyl adjacent to an activating group) is 1. The lowest BCUT2D eigenvalue weighted by atomic mass is 10.2. The van der Waals surface area contributed by atoms with E-state index < -0.39 is 5.97 Å². The summed E-state index contributed by atoms with van der Waals surface area (Å²) in [6.07, 6.45) is 1.02. The fourth-order valence-electron chi connectivity index (χ4n) is 1.96. The molecule has 1 aliphatic heterocycles. The molecule has 0 aliphatic carbocycles. The summed E-state index contributed by atoms with van der Waals surface area (Å²) in [7, 11) is 2.05. The summed E-state index contributed by atoms with van der Waals surface area (Å²) in [5, 5.41) is 12.3. The highest BCUT2D eigenvalue weighted by atomic mass is 35.5. The molecule has 92 valence electrons. The summed E-state index contributed by atoms with van der Waals surface area (Å²) in [4.78, 5) is 17.2. The molecule has 2 heterocycles. The number of likely N-dealkylation sites (tertiary alicyclic amines) is 1. The van der Waals surface area contributed by atoms with Crippen LogP contribution in [0.2, 0.25) is 5.15 Å². The number of nitrogens with zero attached hydrogens (tertiary/aromatic N) is 2. The van der Waals surface area contributed by atoms with Crippen LogP contribution in [0, 0.1) is 0 Å². The number of pyridine rings is 1. The van der Waals surface area contributed by atoms with Crippen molar-refractivity contribution in [1.82, 2.24) is 9.88 Å². The van der Waals surface area contributed by atoms with Gasteiger partial charge in [0.2, 0.25) is 0 Å². The zero-order valence-corrected chi connectivity index (χ0v) is 10.2. The molecule has 1 unspecified atom stereocenters. The average molecular weight is 256 g/mol. The van der Waals surface area contributed by atoms with Crippen molar-refractivity contribution >= 4 is 23.4 Å². The third kappa shape index (κ3) is 3.08. The van der Waals surface area contributed by atoms with Gasteiger partial charge in [-0.05, 0) is 32.1 Å². The third-order valence-electron chi connectivity index (χ3n) is 2.78. The minimum atomic E-state index is -0.999. The molecule has 1 aromatic heterocycles. The van der Waals surface area contributed by atoms with Crippen LogP contribution in [0.3, 0.4) is 0 Å². The van der Waals surface area contributed by atoms with E-state index in [1.807, 2.05) is 0 Å². The van der Waals surface area contributed by atoms with E-state index in [-0.39, 0.29) is 10.7 Å². The lowest BCUT2D eigenvalue weighted by molar-refractivity contribution is 0.0697. The van der Waals surface area contributed by atoms with Gasteiger partial charge in [0.25, 0.3) is 0 Å². The van der Waals surface area contributed by atoms with Gasteiger partial charge in [-0.1, -0.05) is 11.6 Å². The summed E-state index contributed by atoms with van der Waals surface area (Å²) in [6.45, 7) is 1.96. The minimum absolute atomic E-state index is 0.152.